The molecular weight excluding hydrogens is 342 g/mol. The van der Waals surface area contributed by atoms with Gasteiger partial charge in [0.2, 0.25) is 0 Å². The van der Waals surface area contributed by atoms with Crippen molar-refractivity contribution < 1.29 is 25.2 Å². The van der Waals surface area contributed by atoms with E-state index in [0.29, 0.717) is 17.0 Å². The van der Waals surface area contributed by atoms with Gasteiger partial charge in [-0.2, -0.15) is 0 Å². The van der Waals surface area contributed by atoms with Crippen molar-refractivity contribution in [3.8, 4) is 0 Å². The molecule has 10 heteroatoms. The van der Waals surface area contributed by atoms with Crippen LogP contribution in [0.5, 0.6) is 0 Å². The van der Waals surface area contributed by atoms with E-state index in [9.17, 15) is 15.3 Å². The maximum Gasteiger partial charge on any atom is 0.167 e. The van der Waals surface area contributed by atoms with Crippen LogP contribution in [0.3, 0.4) is 0 Å². The summed E-state index contributed by atoms with van der Waals surface area (Å²) in [5.74, 6) is 0.495. The fourth-order valence-electron chi connectivity index (χ4n) is 2.99. The largest absolute Gasteiger partial charge is 0.394 e. The van der Waals surface area contributed by atoms with Crippen molar-refractivity contribution in [1.82, 2.24) is 19.5 Å². The second kappa shape index (κ2) is 7.64. The fourth-order valence-corrected chi connectivity index (χ4v) is 2.99. The van der Waals surface area contributed by atoms with E-state index in [1.807, 2.05) is 19.9 Å². The summed E-state index contributed by atoms with van der Waals surface area (Å²) in [6, 6.07) is -0.0979. The third-order valence-electron chi connectivity index (χ3n) is 4.30. The molecule has 5 N–H and O–H groups in total. The third kappa shape index (κ3) is 3.41. The number of aliphatic hydroxyl groups is 4. The van der Waals surface area contributed by atoms with Gasteiger partial charge in [-0.15, -0.1) is 0 Å². The molecule has 0 amide bonds. The van der Waals surface area contributed by atoms with E-state index in [1.54, 1.807) is 0 Å². The van der Waals surface area contributed by atoms with Gasteiger partial charge in [0.25, 0.3) is 0 Å². The third-order valence-corrected chi connectivity index (χ3v) is 4.30. The van der Waals surface area contributed by atoms with Crippen molar-refractivity contribution >= 4 is 17.0 Å². The Balaban J connectivity index is 1.90. The predicted octanol–water partition coefficient (Wildman–Crippen LogP) is -0.823. The summed E-state index contributed by atoms with van der Waals surface area (Å²) in [6.45, 7) is 3.31. The van der Waals surface area contributed by atoms with E-state index in [4.69, 9.17) is 9.84 Å². The molecule has 1 aliphatic heterocycles. The number of nitrogens with zero attached hydrogens (tertiary/aromatic N) is 4. The van der Waals surface area contributed by atoms with Crippen LogP contribution in [0.1, 0.15) is 20.1 Å². The lowest BCUT2D eigenvalue weighted by Gasteiger charge is -2.16. The van der Waals surface area contributed by atoms with Crippen LogP contribution in [-0.4, -0.2) is 77.5 Å². The monoisotopic (exact) mass is 365 g/mol. The number of nitrogens with one attached hydrogen (secondary N) is 1. The van der Waals surface area contributed by atoms with Gasteiger partial charge in [-0.05, 0) is 13.8 Å². The molecule has 3 heterocycles. The minimum atomic E-state index is -1.22. The van der Waals surface area contributed by atoms with Crippen molar-refractivity contribution in [2.45, 2.75) is 44.4 Å². The normalized spacial score (nSPS) is 27.8. The average Bonchev–Trinajstić information content (AvgIpc) is 3.17. The summed E-state index contributed by atoms with van der Waals surface area (Å²) in [6.07, 6.45) is 0.474. The number of ether oxygens (including phenoxy) is 1. The average molecular weight is 365 g/mol. The van der Waals surface area contributed by atoms with Gasteiger partial charge in [0, 0.05) is 6.04 Å². The highest BCUT2D eigenvalue weighted by molar-refractivity contribution is 5.82. The standard InChI is InChI=1S/C16H23N5O5/c1-8(4-22)3-9(2)20-14-11-15(18-6-17-14)21(7-19-11)16-13(25)12(24)10(5-23)26-16/h3,6-7,9-10,12-13,16,22-25H,4-5H2,1-2H3,(H,17,18,20)/b8-3+/t9-,10-,12-,13-,16-/m1/s1. The van der Waals surface area contributed by atoms with Crippen LogP contribution in [0.25, 0.3) is 11.2 Å². The molecule has 1 saturated heterocycles. The Labute approximate surface area is 149 Å². The number of imidazole rings is 1. The zero-order chi connectivity index (χ0) is 18.8. The Morgan fingerprint density at radius 1 is 1.31 bits per heavy atom. The van der Waals surface area contributed by atoms with Gasteiger partial charge in [-0.3, -0.25) is 4.57 Å². The van der Waals surface area contributed by atoms with E-state index in [2.05, 4.69) is 20.3 Å². The fraction of sp³-hybridized carbons (Fsp3) is 0.562. The van der Waals surface area contributed by atoms with Gasteiger partial charge in [0.15, 0.2) is 23.2 Å². The van der Waals surface area contributed by atoms with Crippen molar-refractivity contribution in [1.29, 1.82) is 0 Å². The van der Waals surface area contributed by atoms with E-state index in [1.165, 1.54) is 17.2 Å². The molecule has 5 atom stereocenters. The molecule has 0 aromatic carbocycles. The van der Waals surface area contributed by atoms with E-state index in [-0.39, 0.29) is 12.6 Å². The van der Waals surface area contributed by atoms with Gasteiger partial charge in [0.05, 0.1) is 19.5 Å². The number of rotatable bonds is 6. The zero-order valence-electron chi connectivity index (χ0n) is 14.5. The van der Waals surface area contributed by atoms with Crippen LogP contribution in [0.15, 0.2) is 24.3 Å². The van der Waals surface area contributed by atoms with Crippen molar-refractivity contribution in [2.24, 2.45) is 0 Å². The molecule has 0 radical (unpaired) electrons. The van der Waals surface area contributed by atoms with Crippen LogP contribution in [0, 0.1) is 0 Å². The van der Waals surface area contributed by atoms with Gasteiger partial charge >= 0.3 is 0 Å². The molecule has 10 nitrogen and oxygen atoms in total. The highest BCUT2D eigenvalue weighted by Crippen LogP contribution is 2.32. The first-order chi connectivity index (χ1) is 12.5. The van der Waals surface area contributed by atoms with Gasteiger partial charge in [0.1, 0.15) is 24.6 Å². The zero-order valence-corrected chi connectivity index (χ0v) is 14.5. The van der Waals surface area contributed by atoms with Crippen LogP contribution in [0.2, 0.25) is 0 Å². The quantitative estimate of drug-likeness (QED) is 0.414. The molecular formula is C16H23N5O5. The number of hydrogen-bond acceptors (Lipinski definition) is 9. The van der Waals surface area contributed by atoms with Crippen molar-refractivity contribution in [3.05, 3.63) is 24.3 Å². The first-order valence-corrected chi connectivity index (χ1v) is 8.31. The topological polar surface area (TPSA) is 146 Å². The smallest absolute Gasteiger partial charge is 0.167 e. The number of aliphatic hydroxyl groups excluding tert-OH is 4. The number of hydrogen-bond donors (Lipinski definition) is 5. The highest BCUT2D eigenvalue weighted by atomic mass is 16.6. The highest BCUT2D eigenvalue weighted by Gasteiger charge is 2.44. The Morgan fingerprint density at radius 3 is 2.73 bits per heavy atom. The minimum absolute atomic E-state index is 0.0227. The Morgan fingerprint density at radius 2 is 2.08 bits per heavy atom. The maximum atomic E-state index is 10.2. The second-order valence-electron chi connectivity index (χ2n) is 6.38. The van der Waals surface area contributed by atoms with Crippen molar-refractivity contribution in [3.63, 3.8) is 0 Å². The minimum Gasteiger partial charge on any atom is -0.394 e. The molecule has 142 valence electrons. The lowest BCUT2D eigenvalue weighted by Crippen LogP contribution is -2.33. The molecule has 3 rings (SSSR count). The first kappa shape index (κ1) is 18.7. The molecule has 0 spiro atoms. The van der Waals surface area contributed by atoms with Crippen molar-refractivity contribution in [2.75, 3.05) is 18.5 Å². The van der Waals surface area contributed by atoms with E-state index >= 15 is 0 Å². The molecule has 1 aliphatic rings. The summed E-state index contributed by atoms with van der Waals surface area (Å²) in [5.41, 5.74) is 1.73. The number of fused-ring (bicyclic) bond motifs is 1. The molecule has 2 aromatic heterocycles. The number of anilines is 1. The van der Waals surface area contributed by atoms with E-state index < -0.39 is 31.1 Å². The molecule has 0 saturated carbocycles. The summed E-state index contributed by atoms with van der Waals surface area (Å²) in [7, 11) is 0. The Hall–Kier alpha value is -2.11. The lowest BCUT2D eigenvalue weighted by molar-refractivity contribution is -0.0511. The first-order valence-electron chi connectivity index (χ1n) is 8.31. The summed E-state index contributed by atoms with van der Waals surface area (Å²) in [4.78, 5) is 12.7. The van der Waals surface area contributed by atoms with Gasteiger partial charge in [-0.25, -0.2) is 15.0 Å². The summed E-state index contributed by atoms with van der Waals surface area (Å²) >= 11 is 0. The van der Waals surface area contributed by atoms with Crippen LogP contribution in [-0.2, 0) is 4.74 Å². The molecule has 2 aromatic rings. The molecule has 1 fully saturated rings. The SMILES string of the molecule is C/C(=C\[C@@H](C)Nc1ncnc2c1ncn2[C@@H]1O[C@H](CO)[C@@H](O)[C@H]1O)CO. The molecule has 0 bridgehead atoms. The van der Waals surface area contributed by atoms with Gasteiger partial charge in [-0.1, -0.05) is 11.6 Å². The summed E-state index contributed by atoms with van der Waals surface area (Å²) in [5, 5.41) is 41.7. The van der Waals surface area contributed by atoms with Gasteiger partial charge < -0.3 is 30.5 Å². The van der Waals surface area contributed by atoms with E-state index in [0.717, 1.165) is 5.57 Å². The van der Waals surface area contributed by atoms with Crippen LogP contribution in [0.4, 0.5) is 5.82 Å². The Kier molecular flexibility index (Phi) is 5.49. The summed E-state index contributed by atoms with van der Waals surface area (Å²) < 4.78 is 7.04. The molecule has 26 heavy (non-hydrogen) atoms. The maximum absolute atomic E-state index is 10.2. The van der Waals surface area contributed by atoms with Crippen LogP contribution >= 0.6 is 0 Å². The predicted molar refractivity (Wildman–Crippen MR) is 92.3 cm³/mol. The molecule has 0 aliphatic carbocycles. The Bertz CT molecular complexity index is 794. The molecule has 0 unspecified atom stereocenters. The second-order valence-corrected chi connectivity index (χ2v) is 6.38. The number of aromatic nitrogens is 4. The van der Waals surface area contributed by atoms with Crippen LogP contribution < -0.4 is 5.32 Å². The lowest BCUT2D eigenvalue weighted by atomic mass is 10.1.